The van der Waals surface area contributed by atoms with Crippen LogP contribution in [0.1, 0.15) is 24.3 Å². The summed E-state index contributed by atoms with van der Waals surface area (Å²) in [6.07, 6.45) is 2.40. The molecule has 136 valence electrons. The van der Waals surface area contributed by atoms with E-state index in [0.29, 0.717) is 12.2 Å². The Bertz CT molecular complexity index is 678. The Hall–Kier alpha value is -1.38. The van der Waals surface area contributed by atoms with E-state index in [1.54, 1.807) is 18.7 Å². The van der Waals surface area contributed by atoms with Crippen molar-refractivity contribution in [1.29, 1.82) is 0 Å². The topological polar surface area (TPSA) is 75.7 Å². The number of rotatable bonds is 6. The van der Waals surface area contributed by atoms with Gasteiger partial charge < -0.3 is 4.74 Å². The Balaban J connectivity index is 2.09. The van der Waals surface area contributed by atoms with Crippen LogP contribution in [-0.2, 0) is 19.1 Å². The number of imide groups is 1. The van der Waals surface area contributed by atoms with Crippen LogP contribution in [0.4, 0.5) is 0 Å². The second-order valence-electron chi connectivity index (χ2n) is 6.31. The Kier molecular flexibility index (Phi) is 5.22. The molecule has 25 heavy (non-hydrogen) atoms. The molecule has 0 radical (unpaired) electrons. The van der Waals surface area contributed by atoms with Crippen molar-refractivity contribution in [3.05, 3.63) is 22.4 Å². The highest BCUT2D eigenvalue weighted by molar-refractivity contribution is 7.98. The third-order valence-corrected chi connectivity index (χ3v) is 6.63. The summed E-state index contributed by atoms with van der Waals surface area (Å²) in [5.41, 5.74) is -1.16. The number of fused-ring (bicyclic) bond motifs is 1. The fourth-order valence-electron chi connectivity index (χ4n) is 3.90. The minimum atomic E-state index is -1.16. The first-order valence-corrected chi connectivity index (χ1v) is 10.5. The van der Waals surface area contributed by atoms with Gasteiger partial charge in [0.2, 0.25) is 11.8 Å². The molecule has 4 unspecified atom stereocenters. The van der Waals surface area contributed by atoms with Crippen LogP contribution in [0.25, 0.3) is 0 Å². The number of nitrogens with one attached hydrogen (secondary N) is 1. The van der Waals surface area contributed by atoms with Crippen molar-refractivity contribution < 1.29 is 19.1 Å². The molecule has 2 saturated heterocycles. The highest BCUT2D eigenvalue weighted by Crippen LogP contribution is 2.51. The van der Waals surface area contributed by atoms with Crippen molar-refractivity contribution in [3.8, 4) is 0 Å². The maximum atomic E-state index is 12.9. The van der Waals surface area contributed by atoms with Crippen molar-refractivity contribution >= 4 is 40.9 Å². The molecule has 2 fully saturated rings. The van der Waals surface area contributed by atoms with Gasteiger partial charge in [-0.05, 0) is 36.8 Å². The fraction of sp³-hybridized carbons (Fsp3) is 0.588. The SMILES string of the molecule is CCOC(=O)C1(CCSC)NC(c2cccs2)C2C(=O)N(C)C(=O)C21. The minimum absolute atomic E-state index is 0.226. The predicted molar refractivity (Wildman–Crippen MR) is 97.3 cm³/mol. The van der Waals surface area contributed by atoms with E-state index >= 15 is 0 Å². The first-order chi connectivity index (χ1) is 12.0. The van der Waals surface area contributed by atoms with Gasteiger partial charge in [-0.15, -0.1) is 11.3 Å². The van der Waals surface area contributed by atoms with E-state index in [4.69, 9.17) is 4.74 Å². The second-order valence-corrected chi connectivity index (χ2v) is 8.28. The number of carbonyl (C=O) groups excluding carboxylic acids is 3. The lowest BCUT2D eigenvalue weighted by molar-refractivity contribution is -0.156. The Labute approximate surface area is 155 Å². The molecule has 2 aliphatic rings. The number of hydrogen-bond acceptors (Lipinski definition) is 7. The van der Waals surface area contributed by atoms with E-state index < -0.39 is 23.3 Å². The normalized spacial score (nSPS) is 31.5. The molecule has 2 aliphatic heterocycles. The molecule has 1 aromatic heterocycles. The summed E-state index contributed by atoms with van der Waals surface area (Å²) in [6, 6.07) is 3.50. The summed E-state index contributed by atoms with van der Waals surface area (Å²) in [7, 11) is 1.50. The largest absolute Gasteiger partial charge is 0.465 e. The molecule has 6 nitrogen and oxygen atoms in total. The number of thiophene rings is 1. The quantitative estimate of drug-likeness (QED) is 0.596. The van der Waals surface area contributed by atoms with Crippen molar-refractivity contribution in [1.82, 2.24) is 10.2 Å². The molecule has 0 bridgehead atoms. The Morgan fingerprint density at radius 3 is 2.80 bits per heavy atom. The van der Waals surface area contributed by atoms with Crippen LogP contribution in [0.15, 0.2) is 17.5 Å². The third-order valence-electron chi connectivity index (χ3n) is 5.06. The van der Waals surface area contributed by atoms with Crippen molar-refractivity contribution in [3.63, 3.8) is 0 Å². The first kappa shape index (κ1) is 18.4. The maximum Gasteiger partial charge on any atom is 0.327 e. The van der Waals surface area contributed by atoms with Crippen molar-refractivity contribution in [2.24, 2.45) is 11.8 Å². The van der Waals surface area contributed by atoms with Gasteiger partial charge in [0.15, 0.2) is 0 Å². The second kappa shape index (κ2) is 7.09. The van der Waals surface area contributed by atoms with Crippen molar-refractivity contribution in [2.45, 2.75) is 24.9 Å². The van der Waals surface area contributed by atoms with Gasteiger partial charge in [-0.1, -0.05) is 6.07 Å². The maximum absolute atomic E-state index is 12.9. The highest BCUT2D eigenvalue weighted by Gasteiger charge is 2.68. The molecule has 0 aliphatic carbocycles. The Morgan fingerprint density at radius 1 is 1.44 bits per heavy atom. The molecule has 1 N–H and O–H groups in total. The number of thioether (sulfide) groups is 1. The summed E-state index contributed by atoms with van der Waals surface area (Å²) >= 11 is 3.12. The average Bonchev–Trinajstić information content (AvgIpc) is 3.28. The van der Waals surface area contributed by atoms with Gasteiger partial charge in [-0.2, -0.15) is 11.8 Å². The molecule has 2 amide bonds. The van der Waals surface area contributed by atoms with Gasteiger partial charge >= 0.3 is 5.97 Å². The van der Waals surface area contributed by atoms with Crippen LogP contribution in [0.3, 0.4) is 0 Å². The molecule has 8 heteroatoms. The number of nitrogens with zero attached hydrogens (tertiary/aromatic N) is 1. The first-order valence-electron chi connectivity index (χ1n) is 8.26. The summed E-state index contributed by atoms with van der Waals surface area (Å²) in [6.45, 7) is 1.98. The standard InChI is InChI=1S/C17H22N2O4S2/c1-4-23-16(22)17(7-9-24-3)12-11(14(20)19(2)15(12)21)13(18-17)10-6-5-8-25-10/h5-6,8,11-13,18H,4,7,9H2,1-3H3. The van der Waals surface area contributed by atoms with Crippen LogP contribution in [0.5, 0.6) is 0 Å². The molecule has 3 heterocycles. The fourth-order valence-corrected chi connectivity index (χ4v) is 5.25. The lowest BCUT2D eigenvalue weighted by Crippen LogP contribution is -2.56. The number of ether oxygens (including phenoxy) is 1. The highest BCUT2D eigenvalue weighted by atomic mass is 32.2. The van der Waals surface area contributed by atoms with Gasteiger partial charge in [0.1, 0.15) is 5.54 Å². The van der Waals surface area contributed by atoms with Crippen LogP contribution < -0.4 is 5.32 Å². The molecular formula is C17H22N2O4S2. The molecule has 0 spiro atoms. The molecule has 0 saturated carbocycles. The lowest BCUT2D eigenvalue weighted by atomic mass is 9.78. The average molecular weight is 383 g/mol. The monoisotopic (exact) mass is 382 g/mol. The lowest BCUT2D eigenvalue weighted by Gasteiger charge is -2.32. The van der Waals surface area contributed by atoms with E-state index in [-0.39, 0.29) is 24.5 Å². The zero-order valence-corrected chi connectivity index (χ0v) is 16.1. The zero-order valence-electron chi connectivity index (χ0n) is 14.5. The van der Waals surface area contributed by atoms with Gasteiger partial charge in [0.25, 0.3) is 0 Å². The number of likely N-dealkylation sites (tertiary alicyclic amines) is 1. The van der Waals surface area contributed by atoms with E-state index in [9.17, 15) is 14.4 Å². The third kappa shape index (κ3) is 2.80. The molecule has 3 rings (SSSR count). The summed E-state index contributed by atoms with van der Waals surface area (Å²) < 4.78 is 5.33. The van der Waals surface area contributed by atoms with Gasteiger partial charge in [0.05, 0.1) is 24.5 Å². The van der Waals surface area contributed by atoms with E-state index in [1.165, 1.54) is 23.3 Å². The minimum Gasteiger partial charge on any atom is -0.465 e. The predicted octanol–water partition coefficient (Wildman–Crippen LogP) is 1.68. The van der Waals surface area contributed by atoms with Crippen molar-refractivity contribution in [2.75, 3.05) is 25.7 Å². The van der Waals surface area contributed by atoms with E-state index in [1.807, 2.05) is 23.8 Å². The van der Waals surface area contributed by atoms with Gasteiger partial charge in [-0.3, -0.25) is 24.6 Å². The molecular weight excluding hydrogens is 360 g/mol. The van der Waals surface area contributed by atoms with E-state index in [0.717, 1.165) is 4.88 Å². The van der Waals surface area contributed by atoms with Crippen LogP contribution in [-0.4, -0.2) is 53.9 Å². The molecule has 4 atom stereocenters. The number of carbonyl (C=O) groups is 3. The number of esters is 1. The molecule has 1 aromatic rings. The smallest absolute Gasteiger partial charge is 0.327 e. The van der Waals surface area contributed by atoms with Crippen LogP contribution in [0.2, 0.25) is 0 Å². The van der Waals surface area contributed by atoms with Gasteiger partial charge in [-0.25, -0.2) is 0 Å². The summed E-state index contributed by atoms with van der Waals surface area (Å²) in [5.74, 6) is -1.55. The summed E-state index contributed by atoms with van der Waals surface area (Å²) in [4.78, 5) is 40.7. The van der Waals surface area contributed by atoms with Crippen LogP contribution in [0, 0.1) is 11.8 Å². The zero-order chi connectivity index (χ0) is 18.2. The Morgan fingerprint density at radius 2 is 2.20 bits per heavy atom. The van der Waals surface area contributed by atoms with E-state index in [2.05, 4.69) is 5.32 Å². The molecule has 0 aromatic carbocycles. The number of hydrogen-bond donors (Lipinski definition) is 1. The summed E-state index contributed by atoms with van der Waals surface area (Å²) in [5, 5.41) is 5.30. The van der Waals surface area contributed by atoms with Gasteiger partial charge in [0, 0.05) is 11.9 Å². The number of amides is 2. The van der Waals surface area contributed by atoms with Crippen LogP contribution >= 0.6 is 23.1 Å².